The van der Waals surface area contributed by atoms with Crippen molar-refractivity contribution in [2.24, 2.45) is 0 Å². The summed E-state index contributed by atoms with van der Waals surface area (Å²) in [6.07, 6.45) is -0.383. The van der Waals surface area contributed by atoms with E-state index in [9.17, 15) is 13.2 Å². The highest BCUT2D eigenvalue weighted by Gasteiger charge is 2.34. The first-order chi connectivity index (χ1) is 15.9. The number of benzene rings is 2. The third-order valence-electron chi connectivity index (χ3n) is 5.08. The number of amides is 1. The summed E-state index contributed by atoms with van der Waals surface area (Å²) in [4.78, 5) is 15.7. The Balaban J connectivity index is 1.32. The zero-order valence-corrected chi connectivity index (χ0v) is 18.2. The Morgan fingerprint density at radius 3 is 2.55 bits per heavy atom. The van der Waals surface area contributed by atoms with Crippen LogP contribution >= 0.6 is 0 Å². The van der Waals surface area contributed by atoms with E-state index in [1.54, 1.807) is 48.5 Å². The van der Waals surface area contributed by atoms with Crippen molar-refractivity contribution in [3.8, 4) is 29.0 Å². The van der Waals surface area contributed by atoms with Crippen LogP contribution in [0.3, 0.4) is 0 Å². The van der Waals surface area contributed by atoms with E-state index in [0.717, 1.165) is 9.87 Å². The molecule has 1 saturated heterocycles. The molecule has 3 heterocycles. The Kier molecular flexibility index (Phi) is 5.17. The molecule has 10 nitrogen and oxygen atoms in total. The molecule has 170 valence electrons. The average molecular weight is 469 g/mol. The molecular formula is C22H19N3O7S. The van der Waals surface area contributed by atoms with E-state index in [-0.39, 0.29) is 19.3 Å². The van der Waals surface area contributed by atoms with Crippen LogP contribution in [0, 0.1) is 0 Å². The summed E-state index contributed by atoms with van der Waals surface area (Å²) in [5.74, 6) is 1.83. The number of carbonyl (C=O) groups excluding carboxylic acids is 1. The highest BCUT2D eigenvalue weighted by Crippen LogP contribution is 2.43. The molecule has 0 unspecified atom stereocenters. The van der Waals surface area contributed by atoms with E-state index in [4.69, 9.17) is 18.9 Å². The number of ether oxygens (including phenoxy) is 4. The summed E-state index contributed by atoms with van der Waals surface area (Å²) in [5, 5.41) is 0. The van der Waals surface area contributed by atoms with Crippen LogP contribution < -0.4 is 28.0 Å². The van der Waals surface area contributed by atoms with E-state index >= 15 is 0 Å². The molecule has 5 rings (SSSR count). The number of pyridine rings is 1. The van der Waals surface area contributed by atoms with Crippen LogP contribution in [0.5, 0.6) is 29.0 Å². The molecule has 1 aromatic heterocycles. The van der Waals surface area contributed by atoms with E-state index in [2.05, 4.69) is 4.98 Å². The highest BCUT2D eigenvalue weighted by atomic mass is 32.2. The van der Waals surface area contributed by atoms with E-state index in [1.165, 1.54) is 7.11 Å². The van der Waals surface area contributed by atoms with Crippen molar-refractivity contribution in [1.29, 1.82) is 0 Å². The second kappa shape index (κ2) is 8.17. The number of aromatic nitrogens is 1. The fourth-order valence-corrected chi connectivity index (χ4v) is 4.73. The monoisotopic (exact) mass is 469 g/mol. The normalized spacial score (nSPS) is 18.3. The zero-order valence-electron chi connectivity index (χ0n) is 17.4. The van der Waals surface area contributed by atoms with Gasteiger partial charge in [-0.2, -0.15) is 13.4 Å². The predicted octanol–water partition coefficient (Wildman–Crippen LogP) is 2.58. The van der Waals surface area contributed by atoms with Crippen molar-refractivity contribution >= 4 is 21.8 Å². The number of fused-ring (bicyclic) bond motifs is 1. The van der Waals surface area contributed by atoms with E-state index in [0.29, 0.717) is 34.7 Å². The summed E-state index contributed by atoms with van der Waals surface area (Å²) >= 11 is 0. The van der Waals surface area contributed by atoms with Crippen LogP contribution in [0.4, 0.5) is 5.69 Å². The highest BCUT2D eigenvalue weighted by molar-refractivity contribution is 7.92. The molecule has 11 heteroatoms. The number of anilines is 1. The zero-order chi connectivity index (χ0) is 23.0. The molecule has 0 aliphatic carbocycles. The molecule has 0 bridgehead atoms. The van der Waals surface area contributed by atoms with E-state index in [1.807, 2.05) is 16.9 Å². The van der Waals surface area contributed by atoms with Gasteiger partial charge in [-0.15, -0.1) is 0 Å². The third-order valence-corrected chi connectivity index (χ3v) is 6.49. The molecule has 0 radical (unpaired) electrons. The van der Waals surface area contributed by atoms with Crippen molar-refractivity contribution in [1.82, 2.24) is 9.71 Å². The van der Waals surface area contributed by atoms with Gasteiger partial charge in [0.05, 0.1) is 12.8 Å². The van der Waals surface area contributed by atoms with Gasteiger partial charge in [-0.3, -0.25) is 4.79 Å². The summed E-state index contributed by atoms with van der Waals surface area (Å²) in [7, 11) is -2.32. The van der Waals surface area contributed by atoms with Crippen molar-refractivity contribution in [3.63, 3.8) is 0 Å². The number of methoxy groups -OCH3 is 1. The Bertz CT molecular complexity index is 1310. The molecule has 0 saturated carbocycles. The minimum absolute atomic E-state index is 0.253. The molecule has 1 amide bonds. The fraction of sp³-hybridized carbons (Fsp3) is 0.182. The van der Waals surface area contributed by atoms with Gasteiger partial charge in [-0.1, -0.05) is 18.2 Å². The molecule has 2 aliphatic heterocycles. The van der Waals surface area contributed by atoms with Crippen molar-refractivity contribution in [2.75, 3.05) is 24.6 Å². The number of nitrogens with one attached hydrogen (secondary N) is 1. The van der Waals surface area contributed by atoms with Gasteiger partial charge in [0.1, 0.15) is 18.9 Å². The van der Waals surface area contributed by atoms with Crippen LogP contribution in [0.2, 0.25) is 0 Å². The van der Waals surface area contributed by atoms with Gasteiger partial charge in [-0.25, -0.2) is 9.03 Å². The number of nitrogens with zero attached hydrogens (tertiary/aromatic N) is 2. The van der Waals surface area contributed by atoms with Gasteiger partial charge >= 0.3 is 10.2 Å². The first-order valence-electron chi connectivity index (χ1n) is 9.97. The topological polar surface area (TPSA) is 116 Å². The molecule has 2 aliphatic rings. The van der Waals surface area contributed by atoms with Gasteiger partial charge in [-0.05, 0) is 30.3 Å². The lowest BCUT2D eigenvalue weighted by molar-refractivity contribution is -0.117. The van der Waals surface area contributed by atoms with Crippen LogP contribution in [0.1, 0.15) is 11.7 Å². The second-order valence-corrected chi connectivity index (χ2v) is 8.84. The van der Waals surface area contributed by atoms with Gasteiger partial charge in [0.25, 0.3) is 5.91 Å². The first-order valence-corrected chi connectivity index (χ1v) is 11.4. The minimum Gasteiger partial charge on any atom is -0.485 e. The molecule has 0 spiro atoms. The maximum atomic E-state index is 12.0. The summed E-state index contributed by atoms with van der Waals surface area (Å²) < 4.78 is 49.9. The number of carbonyl (C=O) groups is 1. The van der Waals surface area contributed by atoms with Crippen LogP contribution in [0.25, 0.3) is 0 Å². The maximum absolute atomic E-state index is 12.0. The van der Waals surface area contributed by atoms with Crippen LogP contribution in [-0.4, -0.2) is 39.6 Å². The van der Waals surface area contributed by atoms with Crippen LogP contribution in [-0.2, 0) is 15.0 Å². The smallest absolute Gasteiger partial charge is 0.326 e. The maximum Gasteiger partial charge on any atom is 0.326 e. The second-order valence-electron chi connectivity index (χ2n) is 7.24. The predicted molar refractivity (Wildman–Crippen MR) is 117 cm³/mol. The summed E-state index contributed by atoms with van der Waals surface area (Å²) in [6, 6.07) is 17.2. The lowest BCUT2D eigenvalue weighted by Crippen LogP contribution is -2.29. The Hall–Kier alpha value is -3.99. The third kappa shape index (κ3) is 4.10. The summed E-state index contributed by atoms with van der Waals surface area (Å²) in [6.45, 7) is 0.0270. The quantitative estimate of drug-likeness (QED) is 0.586. The standard InChI is InChI=1S/C22H19N3O7S/c1-29-20-6-3-7-21(23-20)32-17-5-2-4-16-18(13-30-22(16)17)31-15-10-8-14(9-11-15)25-12-19(26)24-33(25,27)28/h2-11,18H,12-13H2,1H3,(H,24,26)/t18-/m1/s1. The average Bonchev–Trinajstić information content (AvgIpc) is 3.34. The molecule has 1 fully saturated rings. The molecule has 2 aromatic carbocycles. The number of hydrogen-bond donors (Lipinski definition) is 1. The van der Waals surface area contributed by atoms with Crippen LogP contribution in [0.15, 0.2) is 60.7 Å². The summed E-state index contributed by atoms with van der Waals surface area (Å²) in [5.41, 5.74) is 1.18. The fourth-order valence-electron chi connectivity index (χ4n) is 3.58. The van der Waals surface area contributed by atoms with Gasteiger partial charge in [0.2, 0.25) is 11.8 Å². The number of rotatable bonds is 6. The van der Waals surface area contributed by atoms with Gasteiger partial charge in [0.15, 0.2) is 17.6 Å². The lowest BCUT2D eigenvalue weighted by Gasteiger charge is -2.16. The molecular weight excluding hydrogens is 450 g/mol. The molecule has 3 aromatic rings. The van der Waals surface area contributed by atoms with Gasteiger partial charge in [0, 0.05) is 17.7 Å². The van der Waals surface area contributed by atoms with Crippen molar-refractivity contribution < 1.29 is 32.2 Å². The molecule has 33 heavy (non-hydrogen) atoms. The molecule has 1 N–H and O–H groups in total. The first kappa shape index (κ1) is 20.9. The van der Waals surface area contributed by atoms with Gasteiger partial charge < -0.3 is 18.9 Å². The Morgan fingerprint density at radius 2 is 1.82 bits per heavy atom. The number of para-hydroxylation sites is 1. The van der Waals surface area contributed by atoms with Crippen molar-refractivity contribution in [2.45, 2.75) is 6.10 Å². The SMILES string of the molecule is COc1cccc(Oc2cccc3c2OC[C@H]3Oc2ccc(N3CC(=O)NS3(=O)=O)cc2)n1. The minimum atomic E-state index is -3.85. The Morgan fingerprint density at radius 1 is 1.06 bits per heavy atom. The largest absolute Gasteiger partial charge is 0.485 e. The lowest BCUT2D eigenvalue weighted by atomic mass is 10.1. The van der Waals surface area contributed by atoms with Crippen molar-refractivity contribution in [3.05, 3.63) is 66.2 Å². The van der Waals surface area contributed by atoms with E-state index < -0.39 is 16.1 Å². The Labute approximate surface area is 189 Å². The molecule has 1 atom stereocenters. The number of hydrogen-bond acceptors (Lipinski definition) is 8.